The fraction of sp³-hybridized carbons (Fsp3) is 0.875. The minimum Gasteiger partial charge on any atom is -0.353 e. The van der Waals surface area contributed by atoms with Crippen LogP contribution in [0.3, 0.4) is 0 Å². The van der Waals surface area contributed by atoms with E-state index in [4.69, 9.17) is 5.73 Å². The highest BCUT2D eigenvalue weighted by molar-refractivity contribution is 5.85. The molecule has 2 fully saturated rings. The molecular formula is C16H30ClN3O2. The number of nitrogens with zero attached hydrogens (tertiary/aromatic N) is 1. The molecule has 0 aromatic carbocycles. The number of halogens is 1. The molecule has 1 saturated heterocycles. The topological polar surface area (TPSA) is 75.4 Å². The first-order chi connectivity index (χ1) is 9.97. The Labute approximate surface area is 139 Å². The van der Waals surface area contributed by atoms with Crippen LogP contribution in [0.25, 0.3) is 0 Å². The SMILES string of the molecule is CC(C)C(=O)N1CCC(NC(=O)C2CCCC(N)C2)CC1.Cl. The molecule has 2 unspecified atom stereocenters. The quantitative estimate of drug-likeness (QED) is 0.826. The second-order valence-electron chi connectivity index (χ2n) is 6.89. The fourth-order valence-corrected chi connectivity index (χ4v) is 3.39. The van der Waals surface area contributed by atoms with Gasteiger partial charge in [-0.2, -0.15) is 0 Å². The lowest BCUT2D eigenvalue weighted by Gasteiger charge is -2.34. The van der Waals surface area contributed by atoms with E-state index in [1.807, 2.05) is 18.7 Å². The van der Waals surface area contributed by atoms with E-state index in [0.29, 0.717) is 0 Å². The Morgan fingerprint density at radius 3 is 2.32 bits per heavy atom. The van der Waals surface area contributed by atoms with E-state index in [1.54, 1.807) is 0 Å². The van der Waals surface area contributed by atoms with E-state index in [2.05, 4.69) is 5.32 Å². The Balaban J connectivity index is 0.00000242. The van der Waals surface area contributed by atoms with Gasteiger partial charge in [0.15, 0.2) is 0 Å². The number of carbonyl (C=O) groups is 2. The number of nitrogens with one attached hydrogen (secondary N) is 1. The van der Waals surface area contributed by atoms with E-state index in [0.717, 1.165) is 51.6 Å². The largest absolute Gasteiger partial charge is 0.353 e. The first-order valence-corrected chi connectivity index (χ1v) is 8.32. The Morgan fingerprint density at radius 2 is 1.77 bits per heavy atom. The molecule has 0 bridgehead atoms. The molecule has 5 nitrogen and oxygen atoms in total. The van der Waals surface area contributed by atoms with Gasteiger partial charge in [-0.05, 0) is 32.1 Å². The van der Waals surface area contributed by atoms with Crippen LogP contribution in [0.1, 0.15) is 52.4 Å². The molecule has 2 amide bonds. The van der Waals surface area contributed by atoms with Gasteiger partial charge in [0.25, 0.3) is 0 Å². The van der Waals surface area contributed by atoms with Gasteiger partial charge < -0.3 is 16.0 Å². The normalized spacial score (nSPS) is 26.5. The number of hydrogen-bond acceptors (Lipinski definition) is 3. The zero-order chi connectivity index (χ0) is 15.4. The van der Waals surface area contributed by atoms with Crippen LogP contribution in [0, 0.1) is 11.8 Å². The molecule has 2 atom stereocenters. The number of likely N-dealkylation sites (tertiary alicyclic amines) is 1. The van der Waals surface area contributed by atoms with Crippen molar-refractivity contribution in [1.29, 1.82) is 0 Å². The minimum absolute atomic E-state index is 0. The average molecular weight is 332 g/mol. The van der Waals surface area contributed by atoms with Crippen molar-refractivity contribution in [3.05, 3.63) is 0 Å². The fourth-order valence-electron chi connectivity index (χ4n) is 3.39. The summed E-state index contributed by atoms with van der Waals surface area (Å²) < 4.78 is 0. The van der Waals surface area contributed by atoms with Crippen LogP contribution in [0.2, 0.25) is 0 Å². The highest BCUT2D eigenvalue weighted by Gasteiger charge is 2.29. The van der Waals surface area contributed by atoms with Gasteiger partial charge >= 0.3 is 0 Å². The van der Waals surface area contributed by atoms with Gasteiger partial charge in [-0.15, -0.1) is 12.4 Å². The third kappa shape index (κ3) is 5.13. The standard InChI is InChI=1S/C16H29N3O2.ClH/c1-11(2)16(21)19-8-6-14(7-9-19)18-15(20)12-4-3-5-13(17)10-12;/h11-14H,3-10,17H2,1-2H3,(H,18,20);1H. The van der Waals surface area contributed by atoms with E-state index < -0.39 is 0 Å². The molecule has 1 aliphatic heterocycles. The summed E-state index contributed by atoms with van der Waals surface area (Å²) in [7, 11) is 0. The highest BCUT2D eigenvalue weighted by atomic mass is 35.5. The maximum absolute atomic E-state index is 12.3. The number of amides is 2. The second kappa shape index (κ2) is 8.73. The summed E-state index contributed by atoms with van der Waals surface area (Å²) in [6.07, 6.45) is 5.60. The Morgan fingerprint density at radius 1 is 1.14 bits per heavy atom. The smallest absolute Gasteiger partial charge is 0.225 e. The molecule has 128 valence electrons. The van der Waals surface area contributed by atoms with Crippen LogP contribution in [-0.2, 0) is 9.59 Å². The molecule has 1 saturated carbocycles. The number of hydrogen-bond donors (Lipinski definition) is 2. The predicted octanol–water partition coefficient (Wildman–Crippen LogP) is 1.69. The lowest BCUT2D eigenvalue weighted by atomic mass is 9.85. The van der Waals surface area contributed by atoms with Crippen molar-refractivity contribution in [3.63, 3.8) is 0 Å². The van der Waals surface area contributed by atoms with E-state index >= 15 is 0 Å². The van der Waals surface area contributed by atoms with E-state index in [9.17, 15) is 9.59 Å². The molecule has 6 heteroatoms. The number of nitrogens with two attached hydrogens (primary N) is 1. The van der Waals surface area contributed by atoms with E-state index in [1.165, 1.54) is 0 Å². The first-order valence-electron chi connectivity index (χ1n) is 8.32. The van der Waals surface area contributed by atoms with Crippen LogP contribution in [-0.4, -0.2) is 41.9 Å². The first kappa shape index (κ1) is 19.2. The maximum atomic E-state index is 12.3. The van der Waals surface area contributed by atoms with Crippen molar-refractivity contribution in [3.8, 4) is 0 Å². The lowest BCUT2D eigenvalue weighted by Crippen LogP contribution is -2.49. The predicted molar refractivity (Wildman–Crippen MR) is 89.8 cm³/mol. The highest BCUT2D eigenvalue weighted by Crippen LogP contribution is 2.24. The molecule has 0 spiro atoms. The minimum atomic E-state index is 0. The molecule has 22 heavy (non-hydrogen) atoms. The van der Waals surface area contributed by atoms with Gasteiger partial charge in [0.05, 0.1) is 0 Å². The van der Waals surface area contributed by atoms with Crippen LogP contribution in [0.5, 0.6) is 0 Å². The zero-order valence-corrected chi connectivity index (χ0v) is 14.5. The van der Waals surface area contributed by atoms with Crippen LogP contribution in [0.15, 0.2) is 0 Å². The molecule has 0 aromatic heterocycles. The molecule has 3 N–H and O–H groups in total. The lowest BCUT2D eigenvalue weighted by molar-refractivity contribution is -0.135. The molecule has 2 rings (SSSR count). The summed E-state index contributed by atoms with van der Waals surface area (Å²) in [5.74, 6) is 0.528. The van der Waals surface area contributed by atoms with Gasteiger partial charge in [-0.3, -0.25) is 9.59 Å². The van der Waals surface area contributed by atoms with Crippen molar-refractivity contribution in [1.82, 2.24) is 10.2 Å². The summed E-state index contributed by atoms with van der Waals surface area (Å²) in [5, 5.41) is 3.17. The van der Waals surface area contributed by atoms with Crippen LogP contribution in [0.4, 0.5) is 0 Å². The second-order valence-corrected chi connectivity index (χ2v) is 6.89. The maximum Gasteiger partial charge on any atom is 0.225 e. The summed E-state index contributed by atoms with van der Waals surface area (Å²) >= 11 is 0. The van der Waals surface area contributed by atoms with Gasteiger partial charge in [-0.1, -0.05) is 20.3 Å². The summed E-state index contributed by atoms with van der Waals surface area (Å²) in [6.45, 7) is 5.38. The molecule has 2 aliphatic rings. The third-order valence-corrected chi connectivity index (χ3v) is 4.73. The Bertz CT molecular complexity index is 382. The van der Waals surface area contributed by atoms with Crippen LogP contribution < -0.4 is 11.1 Å². The summed E-state index contributed by atoms with van der Waals surface area (Å²) in [5.41, 5.74) is 5.95. The molecule has 1 heterocycles. The van der Waals surface area contributed by atoms with Crippen molar-refractivity contribution in [2.75, 3.05) is 13.1 Å². The van der Waals surface area contributed by atoms with Crippen molar-refractivity contribution < 1.29 is 9.59 Å². The Kier molecular flexibility index (Phi) is 7.63. The Hall–Kier alpha value is -0.810. The van der Waals surface area contributed by atoms with Gasteiger partial charge in [0.2, 0.25) is 11.8 Å². The molecular weight excluding hydrogens is 302 g/mol. The van der Waals surface area contributed by atoms with E-state index in [-0.39, 0.29) is 48.1 Å². The van der Waals surface area contributed by atoms with Crippen LogP contribution >= 0.6 is 12.4 Å². The summed E-state index contributed by atoms with van der Waals surface area (Å²) in [6, 6.07) is 0.395. The number of carbonyl (C=O) groups excluding carboxylic acids is 2. The van der Waals surface area contributed by atoms with Gasteiger partial charge in [0.1, 0.15) is 0 Å². The third-order valence-electron chi connectivity index (χ3n) is 4.73. The molecule has 1 aliphatic carbocycles. The van der Waals surface area contributed by atoms with Gasteiger partial charge in [-0.25, -0.2) is 0 Å². The summed E-state index contributed by atoms with van der Waals surface area (Å²) in [4.78, 5) is 26.1. The van der Waals surface area contributed by atoms with Crippen molar-refractivity contribution in [2.45, 2.75) is 64.5 Å². The molecule has 0 aromatic rings. The van der Waals surface area contributed by atoms with Gasteiger partial charge in [0, 0.05) is 37.0 Å². The number of rotatable bonds is 3. The average Bonchev–Trinajstić information content (AvgIpc) is 2.47. The van der Waals surface area contributed by atoms with Crippen molar-refractivity contribution in [2.24, 2.45) is 17.6 Å². The van der Waals surface area contributed by atoms with Crippen molar-refractivity contribution >= 4 is 24.2 Å². The molecule has 0 radical (unpaired) electrons. The zero-order valence-electron chi connectivity index (χ0n) is 13.7. The number of piperidine rings is 1. The monoisotopic (exact) mass is 331 g/mol.